The van der Waals surface area contributed by atoms with Crippen molar-refractivity contribution in [3.8, 4) is 0 Å². The topological polar surface area (TPSA) is 6.48 Å². The Balaban J connectivity index is 1.67. The van der Waals surface area contributed by atoms with Crippen LogP contribution in [0.4, 0.5) is 0 Å². The van der Waals surface area contributed by atoms with E-state index in [-0.39, 0.29) is 0 Å². The van der Waals surface area contributed by atoms with E-state index in [1.807, 2.05) is 0 Å². The molecule has 1 unspecified atom stereocenters. The second kappa shape index (κ2) is 6.02. The van der Waals surface area contributed by atoms with Crippen molar-refractivity contribution < 1.29 is 0 Å². The van der Waals surface area contributed by atoms with Crippen LogP contribution in [0.25, 0.3) is 0 Å². The fraction of sp³-hybridized carbons (Fsp3) is 1.00. The summed E-state index contributed by atoms with van der Waals surface area (Å²) in [4.78, 5) is 5.32. The fourth-order valence-electron chi connectivity index (χ4n) is 3.29. The first-order valence-corrected chi connectivity index (χ1v) is 7.26. The van der Waals surface area contributed by atoms with Gasteiger partial charge in [-0.3, -0.25) is 0 Å². The summed E-state index contributed by atoms with van der Waals surface area (Å²) in [6.45, 7) is 12.7. The van der Waals surface area contributed by atoms with Gasteiger partial charge in [0.15, 0.2) is 0 Å². The number of likely N-dealkylation sites (tertiary alicyclic amines) is 2. The van der Waals surface area contributed by atoms with E-state index in [1.165, 1.54) is 65.0 Å². The van der Waals surface area contributed by atoms with Gasteiger partial charge < -0.3 is 9.80 Å². The molecular weight excluding hydrogens is 196 g/mol. The quantitative estimate of drug-likeness (QED) is 0.724. The molecule has 2 rings (SSSR count). The average Bonchev–Trinajstić information content (AvgIpc) is 2.78. The molecule has 0 radical (unpaired) electrons. The minimum atomic E-state index is 0.957. The smallest absolute Gasteiger partial charge is 0.00224 e. The van der Waals surface area contributed by atoms with Crippen LogP contribution in [0.2, 0.25) is 0 Å². The lowest BCUT2D eigenvalue weighted by molar-refractivity contribution is 0.158. The first-order valence-electron chi connectivity index (χ1n) is 7.26. The fourth-order valence-corrected chi connectivity index (χ4v) is 3.29. The van der Waals surface area contributed by atoms with Crippen molar-refractivity contribution in [1.29, 1.82) is 0 Å². The predicted octanol–water partition coefficient (Wildman–Crippen LogP) is 2.45. The minimum Gasteiger partial charge on any atom is -0.303 e. The Hall–Kier alpha value is -0.0800. The molecule has 0 amide bonds. The zero-order valence-corrected chi connectivity index (χ0v) is 11.1. The second-order valence-electron chi connectivity index (χ2n) is 5.70. The van der Waals surface area contributed by atoms with Crippen LogP contribution in [0.3, 0.4) is 0 Å². The molecule has 2 aliphatic rings. The summed E-state index contributed by atoms with van der Waals surface area (Å²) in [5.41, 5.74) is 0. The van der Waals surface area contributed by atoms with Crippen LogP contribution in [0.1, 0.15) is 39.5 Å². The predicted molar refractivity (Wildman–Crippen MR) is 69.7 cm³/mol. The molecule has 1 atom stereocenters. The minimum absolute atomic E-state index is 0.957. The van der Waals surface area contributed by atoms with Crippen LogP contribution in [0.15, 0.2) is 0 Å². The molecule has 16 heavy (non-hydrogen) atoms. The Morgan fingerprint density at radius 2 is 1.50 bits per heavy atom. The third-order valence-corrected chi connectivity index (χ3v) is 4.62. The third-order valence-electron chi connectivity index (χ3n) is 4.62. The van der Waals surface area contributed by atoms with E-state index in [0.29, 0.717) is 0 Å². The molecule has 0 saturated carbocycles. The van der Waals surface area contributed by atoms with Gasteiger partial charge in [-0.1, -0.05) is 20.3 Å². The molecular formula is C14H28N2. The summed E-state index contributed by atoms with van der Waals surface area (Å²) < 4.78 is 0. The monoisotopic (exact) mass is 224 g/mol. The summed E-state index contributed by atoms with van der Waals surface area (Å²) in [6, 6.07) is 0. The second-order valence-corrected chi connectivity index (χ2v) is 5.70. The van der Waals surface area contributed by atoms with Gasteiger partial charge in [0.25, 0.3) is 0 Å². The van der Waals surface area contributed by atoms with E-state index in [9.17, 15) is 0 Å². The number of hydrogen-bond donors (Lipinski definition) is 0. The van der Waals surface area contributed by atoms with Gasteiger partial charge in [-0.2, -0.15) is 0 Å². The highest BCUT2D eigenvalue weighted by molar-refractivity contribution is 4.80. The molecule has 2 heteroatoms. The normalized spacial score (nSPS) is 30.0. The standard InChI is InChI=1S/C14H28N2/c1-3-13-5-9-16(10-6-13)12-14-7-8-15(4-2)11-14/h13-14H,3-12H2,1-2H3. The number of hydrogen-bond acceptors (Lipinski definition) is 2. The summed E-state index contributed by atoms with van der Waals surface area (Å²) in [5, 5.41) is 0. The van der Waals surface area contributed by atoms with E-state index in [4.69, 9.17) is 0 Å². The molecule has 0 bridgehead atoms. The third kappa shape index (κ3) is 3.21. The van der Waals surface area contributed by atoms with E-state index in [2.05, 4.69) is 23.6 Å². The van der Waals surface area contributed by atoms with Gasteiger partial charge in [-0.15, -0.1) is 0 Å². The Morgan fingerprint density at radius 3 is 2.06 bits per heavy atom. The van der Waals surface area contributed by atoms with Gasteiger partial charge >= 0.3 is 0 Å². The van der Waals surface area contributed by atoms with Crippen LogP contribution in [0.5, 0.6) is 0 Å². The van der Waals surface area contributed by atoms with E-state index < -0.39 is 0 Å². The maximum Gasteiger partial charge on any atom is 0.00224 e. The molecule has 0 aliphatic carbocycles. The zero-order chi connectivity index (χ0) is 11.4. The number of rotatable bonds is 4. The zero-order valence-electron chi connectivity index (χ0n) is 11.1. The Morgan fingerprint density at radius 1 is 0.875 bits per heavy atom. The van der Waals surface area contributed by atoms with Gasteiger partial charge in [0.2, 0.25) is 0 Å². The van der Waals surface area contributed by atoms with Crippen molar-refractivity contribution in [3.63, 3.8) is 0 Å². The lowest BCUT2D eigenvalue weighted by atomic mass is 9.94. The van der Waals surface area contributed by atoms with Crippen molar-refractivity contribution in [2.24, 2.45) is 11.8 Å². The molecule has 0 aromatic rings. The maximum absolute atomic E-state index is 2.72. The molecule has 2 fully saturated rings. The Labute approximate surface area is 101 Å². The van der Waals surface area contributed by atoms with Gasteiger partial charge in [-0.05, 0) is 57.3 Å². The van der Waals surface area contributed by atoms with Crippen molar-refractivity contribution in [2.75, 3.05) is 39.3 Å². The number of nitrogens with zero attached hydrogens (tertiary/aromatic N) is 2. The molecule has 0 aromatic heterocycles. The molecule has 94 valence electrons. The number of piperidine rings is 1. The Kier molecular flexibility index (Phi) is 4.66. The molecule has 0 N–H and O–H groups in total. The van der Waals surface area contributed by atoms with Crippen LogP contribution in [-0.4, -0.2) is 49.1 Å². The summed E-state index contributed by atoms with van der Waals surface area (Å²) in [6.07, 6.45) is 5.71. The van der Waals surface area contributed by atoms with Crippen molar-refractivity contribution in [1.82, 2.24) is 9.80 Å². The highest BCUT2D eigenvalue weighted by atomic mass is 15.2. The summed E-state index contributed by atoms with van der Waals surface area (Å²) >= 11 is 0. The highest BCUT2D eigenvalue weighted by Crippen LogP contribution is 2.23. The van der Waals surface area contributed by atoms with E-state index in [1.54, 1.807) is 0 Å². The lowest BCUT2D eigenvalue weighted by Gasteiger charge is -2.33. The summed E-state index contributed by atoms with van der Waals surface area (Å²) in [7, 11) is 0. The van der Waals surface area contributed by atoms with E-state index in [0.717, 1.165) is 11.8 Å². The van der Waals surface area contributed by atoms with Gasteiger partial charge in [0.1, 0.15) is 0 Å². The van der Waals surface area contributed by atoms with E-state index >= 15 is 0 Å². The van der Waals surface area contributed by atoms with Crippen LogP contribution >= 0.6 is 0 Å². The van der Waals surface area contributed by atoms with Crippen LogP contribution in [-0.2, 0) is 0 Å². The van der Waals surface area contributed by atoms with Gasteiger partial charge in [-0.25, -0.2) is 0 Å². The summed E-state index contributed by atoms with van der Waals surface area (Å²) in [5.74, 6) is 1.98. The van der Waals surface area contributed by atoms with Crippen molar-refractivity contribution in [3.05, 3.63) is 0 Å². The lowest BCUT2D eigenvalue weighted by Crippen LogP contribution is -2.37. The molecule has 2 nitrogen and oxygen atoms in total. The van der Waals surface area contributed by atoms with Gasteiger partial charge in [0, 0.05) is 13.1 Å². The highest BCUT2D eigenvalue weighted by Gasteiger charge is 2.25. The maximum atomic E-state index is 2.72. The Bertz CT molecular complexity index is 197. The van der Waals surface area contributed by atoms with Crippen LogP contribution in [0, 0.1) is 11.8 Å². The van der Waals surface area contributed by atoms with Crippen LogP contribution < -0.4 is 0 Å². The molecule has 2 heterocycles. The first kappa shape index (κ1) is 12.4. The average molecular weight is 224 g/mol. The van der Waals surface area contributed by atoms with Crippen molar-refractivity contribution >= 4 is 0 Å². The molecule has 0 aromatic carbocycles. The van der Waals surface area contributed by atoms with Crippen molar-refractivity contribution in [2.45, 2.75) is 39.5 Å². The SMILES string of the molecule is CCC1CCN(CC2CCN(CC)C2)CC1. The van der Waals surface area contributed by atoms with Gasteiger partial charge in [0.05, 0.1) is 0 Å². The largest absolute Gasteiger partial charge is 0.303 e. The molecule has 0 spiro atoms. The molecule has 2 aliphatic heterocycles. The first-order chi connectivity index (χ1) is 7.81. The molecule has 2 saturated heterocycles.